The number of hydrogen-bond acceptors (Lipinski definition) is 7. The number of hydrogen-bond donors (Lipinski definition) is 0. The lowest BCUT2D eigenvalue weighted by Gasteiger charge is -1.97. The fourth-order valence-corrected chi connectivity index (χ4v) is 2.20. The molecule has 2 aromatic heterocycles. The Labute approximate surface area is 118 Å². The van der Waals surface area contributed by atoms with Crippen LogP contribution < -0.4 is 0 Å². The fourth-order valence-electron chi connectivity index (χ4n) is 1.72. The maximum Gasteiger partial charge on any atom is 0.236 e. The highest BCUT2D eigenvalue weighted by Crippen LogP contribution is 2.21. The largest absolute Gasteiger partial charge is 0.338 e. The minimum Gasteiger partial charge on any atom is -0.338 e. The summed E-state index contributed by atoms with van der Waals surface area (Å²) in [7, 11) is 0. The van der Waals surface area contributed by atoms with Crippen LogP contribution in [0.25, 0.3) is 22.4 Å². The summed E-state index contributed by atoms with van der Waals surface area (Å²) in [6.45, 7) is 0. The molecule has 0 aliphatic carbocycles. The molecule has 20 heavy (non-hydrogen) atoms. The Balaban J connectivity index is 1.85. The first-order valence-corrected chi connectivity index (χ1v) is 7.01. The zero-order valence-corrected chi connectivity index (χ0v) is 11.2. The smallest absolute Gasteiger partial charge is 0.236 e. The first-order valence-electron chi connectivity index (χ1n) is 5.85. The zero-order chi connectivity index (χ0) is 13.8. The predicted molar refractivity (Wildman–Crippen MR) is 74.6 cm³/mol. The SMILES string of the molecule is N#CCSCc1nc(-c2ccc3nccnc3c2)no1. The molecule has 6 nitrogen and oxygen atoms in total. The number of nitrogens with zero attached hydrogens (tertiary/aromatic N) is 5. The molecule has 0 fully saturated rings. The van der Waals surface area contributed by atoms with E-state index in [-0.39, 0.29) is 0 Å². The molecule has 0 unspecified atom stereocenters. The lowest BCUT2D eigenvalue weighted by atomic mass is 10.2. The van der Waals surface area contributed by atoms with Crippen LogP contribution in [-0.4, -0.2) is 25.9 Å². The molecule has 0 saturated heterocycles. The highest BCUT2D eigenvalue weighted by atomic mass is 32.2. The van der Waals surface area contributed by atoms with E-state index >= 15 is 0 Å². The molecule has 0 spiro atoms. The van der Waals surface area contributed by atoms with Gasteiger partial charge in [0.1, 0.15) is 0 Å². The summed E-state index contributed by atoms with van der Waals surface area (Å²) in [5, 5.41) is 12.4. The summed E-state index contributed by atoms with van der Waals surface area (Å²) in [5.41, 5.74) is 2.44. The zero-order valence-electron chi connectivity index (χ0n) is 10.4. The third-order valence-electron chi connectivity index (χ3n) is 2.59. The fraction of sp³-hybridized carbons (Fsp3) is 0.154. The van der Waals surface area contributed by atoms with Crippen molar-refractivity contribution in [2.24, 2.45) is 0 Å². The van der Waals surface area contributed by atoms with Crippen LogP contribution in [0.15, 0.2) is 35.1 Å². The van der Waals surface area contributed by atoms with Crippen LogP contribution in [-0.2, 0) is 5.75 Å². The van der Waals surface area contributed by atoms with Crippen molar-refractivity contribution < 1.29 is 4.52 Å². The first-order chi connectivity index (χ1) is 9.86. The highest BCUT2D eigenvalue weighted by Gasteiger charge is 2.09. The van der Waals surface area contributed by atoms with E-state index in [0.717, 1.165) is 16.6 Å². The van der Waals surface area contributed by atoms with E-state index in [1.807, 2.05) is 18.2 Å². The first kappa shape index (κ1) is 12.6. The normalized spacial score (nSPS) is 10.6. The maximum absolute atomic E-state index is 8.48. The third-order valence-corrected chi connectivity index (χ3v) is 3.37. The molecule has 7 heteroatoms. The van der Waals surface area contributed by atoms with Gasteiger partial charge in [0.15, 0.2) is 0 Å². The average Bonchev–Trinajstić information content (AvgIpc) is 2.96. The molecular weight excluding hydrogens is 274 g/mol. The Morgan fingerprint density at radius 1 is 1.20 bits per heavy atom. The monoisotopic (exact) mass is 283 g/mol. The Hall–Kier alpha value is -2.46. The number of thioether (sulfide) groups is 1. The molecule has 3 aromatic rings. The van der Waals surface area contributed by atoms with Crippen LogP contribution in [0.5, 0.6) is 0 Å². The molecule has 0 radical (unpaired) electrons. The lowest BCUT2D eigenvalue weighted by molar-refractivity contribution is 0.392. The van der Waals surface area contributed by atoms with Crippen LogP contribution >= 0.6 is 11.8 Å². The van der Waals surface area contributed by atoms with Gasteiger partial charge in [0, 0.05) is 18.0 Å². The van der Waals surface area contributed by atoms with Crippen LogP contribution in [0.1, 0.15) is 5.89 Å². The number of rotatable bonds is 4. The lowest BCUT2D eigenvalue weighted by Crippen LogP contribution is -1.86. The standard InChI is InChI=1S/C13H9N5OS/c14-3-6-20-8-12-17-13(18-19-12)9-1-2-10-11(7-9)16-5-4-15-10/h1-2,4-5,7H,6,8H2. The summed E-state index contributed by atoms with van der Waals surface area (Å²) >= 11 is 1.44. The summed E-state index contributed by atoms with van der Waals surface area (Å²) < 4.78 is 5.15. The topological polar surface area (TPSA) is 88.5 Å². The number of nitriles is 1. The Kier molecular flexibility index (Phi) is 3.56. The average molecular weight is 283 g/mol. The van der Waals surface area contributed by atoms with Crippen molar-refractivity contribution in [2.75, 3.05) is 5.75 Å². The Morgan fingerprint density at radius 3 is 2.90 bits per heavy atom. The minimum absolute atomic E-state index is 0.406. The van der Waals surface area contributed by atoms with Crippen molar-refractivity contribution in [1.29, 1.82) is 5.26 Å². The van der Waals surface area contributed by atoms with Crippen molar-refractivity contribution in [2.45, 2.75) is 5.75 Å². The molecule has 0 N–H and O–H groups in total. The molecule has 3 rings (SSSR count). The third kappa shape index (κ3) is 2.60. The summed E-state index contributed by atoms with van der Waals surface area (Å²) in [4.78, 5) is 12.8. The molecule has 98 valence electrons. The quantitative estimate of drug-likeness (QED) is 0.679. The van der Waals surface area contributed by atoms with Gasteiger partial charge in [0.25, 0.3) is 0 Å². The van der Waals surface area contributed by atoms with Crippen LogP contribution in [0, 0.1) is 11.3 Å². The van der Waals surface area contributed by atoms with E-state index in [0.29, 0.717) is 23.2 Å². The Morgan fingerprint density at radius 2 is 2.05 bits per heavy atom. The van der Waals surface area contributed by atoms with Gasteiger partial charge in [-0.1, -0.05) is 5.16 Å². The number of aromatic nitrogens is 4. The molecule has 2 heterocycles. The van der Waals surface area contributed by atoms with Gasteiger partial charge in [-0.3, -0.25) is 9.97 Å². The van der Waals surface area contributed by atoms with Crippen molar-refractivity contribution in [3.05, 3.63) is 36.5 Å². The van der Waals surface area contributed by atoms with Crippen molar-refractivity contribution in [3.8, 4) is 17.5 Å². The minimum atomic E-state index is 0.406. The number of benzene rings is 1. The molecule has 0 amide bonds. The van der Waals surface area contributed by atoms with Gasteiger partial charge < -0.3 is 4.52 Å². The van der Waals surface area contributed by atoms with E-state index < -0.39 is 0 Å². The van der Waals surface area contributed by atoms with Gasteiger partial charge in [0.2, 0.25) is 11.7 Å². The molecule has 0 bridgehead atoms. The second-order valence-corrected chi connectivity index (χ2v) is 4.91. The van der Waals surface area contributed by atoms with E-state index in [1.165, 1.54) is 11.8 Å². The maximum atomic E-state index is 8.48. The van der Waals surface area contributed by atoms with Crippen molar-refractivity contribution in [3.63, 3.8) is 0 Å². The second-order valence-electron chi connectivity index (χ2n) is 3.92. The summed E-state index contributed by atoms with van der Waals surface area (Å²) in [6, 6.07) is 7.68. The molecule has 0 saturated carbocycles. The number of fused-ring (bicyclic) bond motifs is 1. The molecule has 0 aliphatic rings. The van der Waals surface area contributed by atoms with Gasteiger partial charge in [-0.05, 0) is 18.2 Å². The van der Waals surface area contributed by atoms with E-state index in [2.05, 4.69) is 26.2 Å². The van der Waals surface area contributed by atoms with Crippen molar-refractivity contribution in [1.82, 2.24) is 20.1 Å². The highest BCUT2D eigenvalue weighted by molar-refractivity contribution is 7.98. The molecule has 0 aliphatic heterocycles. The summed E-state index contributed by atoms with van der Waals surface area (Å²) in [5.74, 6) is 1.97. The second kappa shape index (κ2) is 5.67. The predicted octanol–water partition coefficient (Wildman–Crippen LogP) is 2.44. The molecular formula is C13H9N5OS. The van der Waals surface area contributed by atoms with Crippen LogP contribution in [0.2, 0.25) is 0 Å². The van der Waals surface area contributed by atoms with Gasteiger partial charge in [-0.25, -0.2) is 0 Å². The van der Waals surface area contributed by atoms with E-state index in [9.17, 15) is 0 Å². The molecule has 0 atom stereocenters. The van der Waals surface area contributed by atoms with Gasteiger partial charge in [0.05, 0.1) is 28.6 Å². The van der Waals surface area contributed by atoms with Crippen LogP contribution in [0.3, 0.4) is 0 Å². The van der Waals surface area contributed by atoms with Crippen LogP contribution in [0.4, 0.5) is 0 Å². The Bertz CT molecular complexity index is 780. The van der Waals surface area contributed by atoms with E-state index in [1.54, 1.807) is 12.4 Å². The van der Waals surface area contributed by atoms with Gasteiger partial charge >= 0.3 is 0 Å². The summed E-state index contributed by atoms with van der Waals surface area (Å²) in [6.07, 6.45) is 3.30. The van der Waals surface area contributed by atoms with Crippen molar-refractivity contribution >= 4 is 22.8 Å². The molecule has 1 aromatic carbocycles. The van der Waals surface area contributed by atoms with Gasteiger partial charge in [-0.2, -0.15) is 10.2 Å². The van der Waals surface area contributed by atoms with E-state index in [4.69, 9.17) is 9.78 Å². The van der Waals surface area contributed by atoms with Gasteiger partial charge in [-0.15, -0.1) is 11.8 Å².